The van der Waals surface area contributed by atoms with E-state index >= 15 is 0 Å². The van der Waals surface area contributed by atoms with Gasteiger partial charge >= 0.3 is 0 Å². The number of thioether (sulfide) groups is 1. The minimum absolute atomic E-state index is 0.148. The Labute approximate surface area is 175 Å². The molecule has 0 unspecified atom stereocenters. The summed E-state index contributed by atoms with van der Waals surface area (Å²) in [5.74, 6) is 0.739. The van der Waals surface area contributed by atoms with Crippen LogP contribution in [0.15, 0.2) is 70.2 Å². The third-order valence-corrected chi connectivity index (χ3v) is 5.54. The van der Waals surface area contributed by atoms with E-state index in [0.717, 1.165) is 21.5 Å². The lowest BCUT2D eigenvalue weighted by Gasteiger charge is -2.09. The van der Waals surface area contributed by atoms with Crippen LogP contribution in [0.2, 0.25) is 0 Å². The van der Waals surface area contributed by atoms with Crippen LogP contribution in [-0.2, 0) is 4.79 Å². The topological polar surface area (TPSA) is 75.0 Å². The van der Waals surface area contributed by atoms with Crippen LogP contribution in [0.3, 0.4) is 0 Å². The van der Waals surface area contributed by atoms with Gasteiger partial charge in [0.1, 0.15) is 16.8 Å². The Morgan fingerprint density at radius 2 is 1.93 bits per heavy atom. The Bertz CT molecular complexity index is 1030. The van der Waals surface area contributed by atoms with Crippen molar-refractivity contribution in [1.82, 2.24) is 4.98 Å². The van der Waals surface area contributed by atoms with E-state index in [-0.39, 0.29) is 11.7 Å². The quantitative estimate of drug-likeness (QED) is 0.524. The van der Waals surface area contributed by atoms with Crippen LogP contribution < -0.4 is 10.1 Å². The van der Waals surface area contributed by atoms with Crippen molar-refractivity contribution in [3.8, 4) is 23.1 Å². The Morgan fingerprint density at radius 3 is 2.61 bits per heavy atom. The molecule has 5 nitrogen and oxygen atoms in total. The standard InChI is InChI=1S/C21H16BrN3O2S/c1-27-16-9-6-14(7-10-16)18-11-8-15(12-23)21(25-18)28-13-20(26)24-19-5-3-2-4-17(19)22/h2-11H,13H2,1H3,(H,24,26). The molecule has 1 aromatic heterocycles. The second-order valence-corrected chi connectivity index (χ2v) is 7.52. The van der Waals surface area contributed by atoms with Crippen LogP contribution in [-0.4, -0.2) is 23.8 Å². The van der Waals surface area contributed by atoms with Crippen LogP contribution in [0.1, 0.15) is 5.56 Å². The molecule has 1 heterocycles. The number of aromatic nitrogens is 1. The van der Waals surface area contributed by atoms with Crippen molar-refractivity contribution in [3.63, 3.8) is 0 Å². The molecule has 2 aromatic carbocycles. The molecule has 0 atom stereocenters. The number of nitrogens with zero attached hydrogens (tertiary/aromatic N) is 2. The summed E-state index contributed by atoms with van der Waals surface area (Å²) in [5, 5.41) is 12.7. The van der Waals surface area contributed by atoms with E-state index in [0.29, 0.717) is 16.3 Å². The summed E-state index contributed by atoms with van der Waals surface area (Å²) in [6.45, 7) is 0. The molecule has 1 N–H and O–H groups in total. The van der Waals surface area contributed by atoms with Gasteiger partial charge in [0, 0.05) is 10.0 Å². The molecule has 0 radical (unpaired) electrons. The van der Waals surface area contributed by atoms with Gasteiger partial charge in [0.05, 0.1) is 29.8 Å². The zero-order valence-corrected chi connectivity index (χ0v) is 17.4. The smallest absolute Gasteiger partial charge is 0.234 e. The number of carbonyl (C=O) groups excluding carboxylic acids is 1. The molecule has 0 aliphatic heterocycles. The molecule has 0 bridgehead atoms. The van der Waals surface area contributed by atoms with Crippen molar-refractivity contribution in [2.45, 2.75) is 5.03 Å². The number of pyridine rings is 1. The minimum atomic E-state index is -0.169. The van der Waals surface area contributed by atoms with Gasteiger partial charge in [-0.25, -0.2) is 4.98 Å². The second kappa shape index (κ2) is 9.40. The Kier molecular flexibility index (Phi) is 6.69. The molecule has 0 saturated heterocycles. The summed E-state index contributed by atoms with van der Waals surface area (Å²) in [7, 11) is 1.61. The SMILES string of the molecule is COc1ccc(-c2ccc(C#N)c(SCC(=O)Nc3ccccc3Br)n2)cc1. The van der Waals surface area contributed by atoms with Crippen molar-refractivity contribution in [3.05, 3.63) is 70.7 Å². The average molecular weight is 454 g/mol. The molecule has 1 amide bonds. The largest absolute Gasteiger partial charge is 0.497 e. The average Bonchev–Trinajstić information content (AvgIpc) is 2.73. The van der Waals surface area contributed by atoms with Crippen molar-refractivity contribution >= 4 is 39.3 Å². The van der Waals surface area contributed by atoms with Crippen LogP contribution in [0.4, 0.5) is 5.69 Å². The van der Waals surface area contributed by atoms with E-state index in [1.54, 1.807) is 19.2 Å². The van der Waals surface area contributed by atoms with Gasteiger partial charge in [0.15, 0.2) is 0 Å². The first-order valence-electron chi connectivity index (χ1n) is 8.33. The highest BCUT2D eigenvalue weighted by molar-refractivity contribution is 9.10. The number of nitrogens with one attached hydrogen (secondary N) is 1. The highest BCUT2D eigenvalue weighted by atomic mass is 79.9. The molecule has 28 heavy (non-hydrogen) atoms. The number of anilines is 1. The lowest BCUT2D eigenvalue weighted by molar-refractivity contribution is -0.113. The molecular formula is C21H16BrN3O2S. The van der Waals surface area contributed by atoms with E-state index < -0.39 is 0 Å². The van der Waals surface area contributed by atoms with E-state index in [4.69, 9.17) is 4.74 Å². The molecule has 3 rings (SSSR count). The summed E-state index contributed by atoms with van der Waals surface area (Å²) in [5.41, 5.74) is 2.78. The van der Waals surface area contributed by atoms with E-state index in [2.05, 4.69) is 32.3 Å². The number of para-hydroxylation sites is 1. The fourth-order valence-corrected chi connectivity index (χ4v) is 3.60. The highest BCUT2D eigenvalue weighted by Crippen LogP contribution is 2.27. The Balaban J connectivity index is 1.74. The first-order chi connectivity index (χ1) is 13.6. The lowest BCUT2D eigenvalue weighted by atomic mass is 10.1. The van der Waals surface area contributed by atoms with Crippen LogP contribution in [0.25, 0.3) is 11.3 Å². The fourth-order valence-electron chi connectivity index (χ4n) is 2.44. The number of amides is 1. The molecule has 0 spiro atoms. The van der Waals surface area contributed by atoms with Gasteiger partial charge in [-0.05, 0) is 64.5 Å². The number of ether oxygens (including phenoxy) is 1. The molecule has 3 aromatic rings. The zero-order chi connectivity index (χ0) is 19.9. The molecule has 0 aliphatic carbocycles. The zero-order valence-electron chi connectivity index (χ0n) is 15.0. The minimum Gasteiger partial charge on any atom is -0.497 e. The van der Waals surface area contributed by atoms with Crippen molar-refractivity contribution in [2.75, 3.05) is 18.2 Å². The summed E-state index contributed by atoms with van der Waals surface area (Å²) in [6, 6.07) is 20.6. The number of hydrogen-bond donors (Lipinski definition) is 1. The highest BCUT2D eigenvalue weighted by Gasteiger charge is 2.12. The summed E-state index contributed by atoms with van der Waals surface area (Å²) >= 11 is 4.64. The van der Waals surface area contributed by atoms with Gasteiger partial charge in [-0.1, -0.05) is 23.9 Å². The summed E-state index contributed by atoms with van der Waals surface area (Å²) in [6.07, 6.45) is 0. The maximum absolute atomic E-state index is 12.3. The number of methoxy groups -OCH3 is 1. The van der Waals surface area contributed by atoms with E-state index in [9.17, 15) is 10.1 Å². The molecule has 0 fully saturated rings. The van der Waals surface area contributed by atoms with Gasteiger partial charge in [-0.2, -0.15) is 5.26 Å². The van der Waals surface area contributed by atoms with Gasteiger partial charge in [0.25, 0.3) is 0 Å². The first-order valence-corrected chi connectivity index (χ1v) is 10.1. The third kappa shape index (κ3) is 4.91. The van der Waals surface area contributed by atoms with E-state index in [1.807, 2.05) is 48.5 Å². The molecule has 0 aliphatic rings. The van der Waals surface area contributed by atoms with Crippen LogP contribution >= 0.6 is 27.7 Å². The second-order valence-electron chi connectivity index (χ2n) is 5.71. The number of rotatable bonds is 6. The third-order valence-electron chi connectivity index (χ3n) is 3.85. The molecule has 0 saturated carbocycles. The number of nitriles is 1. The Hall–Kier alpha value is -2.82. The monoisotopic (exact) mass is 453 g/mol. The number of halogens is 1. The molecular weight excluding hydrogens is 438 g/mol. The van der Waals surface area contributed by atoms with Gasteiger partial charge < -0.3 is 10.1 Å². The number of hydrogen-bond acceptors (Lipinski definition) is 5. The van der Waals surface area contributed by atoms with Crippen LogP contribution in [0.5, 0.6) is 5.75 Å². The maximum Gasteiger partial charge on any atom is 0.234 e. The normalized spacial score (nSPS) is 10.2. The molecule has 7 heteroatoms. The van der Waals surface area contributed by atoms with E-state index in [1.165, 1.54) is 11.8 Å². The first kappa shape index (κ1) is 19.9. The number of carbonyl (C=O) groups is 1. The van der Waals surface area contributed by atoms with Crippen LogP contribution in [0, 0.1) is 11.3 Å². The number of benzene rings is 2. The lowest BCUT2D eigenvalue weighted by Crippen LogP contribution is -2.14. The van der Waals surface area contributed by atoms with Crippen molar-refractivity contribution in [1.29, 1.82) is 5.26 Å². The van der Waals surface area contributed by atoms with Gasteiger partial charge in [0.2, 0.25) is 5.91 Å². The summed E-state index contributed by atoms with van der Waals surface area (Å²) in [4.78, 5) is 16.9. The predicted octanol–water partition coefficient (Wildman–Crippen LogP) is 5.12. The molecule has 140 valence electrons. The Morgan fingerprint density at radius 1 is 1.18 bits per heavy atom. The van der Waals surface area contributed by atoms with Gasteiger partial charge in [-0.15, -0.1) is 0 Å². The van der Waals surface area contributed by atoms with Crippen molar-refractivity contribution in [2.24, 2.45) is 0 Å². The summed E-state index contributed by atoms with van der Waals surface area (Å²) < 4.78 is 5.98. The maximum atomic E-state index is 12.3. The van der Waals surface area contributed by atoms with Gasteiger partial charge in [-0.3, -0.25) is 4.79 Å². The fraction of sp³-hybridized carbons (Fsp3) is 0.0952. The van der Waals surface area contributed by atoms with Crippen molar-refractivity contribution < 1.29 is 9.53 Å². The predicted molar refractivity (Wildman–Crippen MR) is 114 cm³/mol.